The molecule has 0 unspecified atom stereocenters. The van der Waals surface area contributed by atoms with Crippen LogP contribution in [0.4, 0.5) is 0 Å². The second-order valence-electron chi connectivity index (χ2n) is 6.16. The van der Waals surface area contributed by atoms with E-state index in [0.29, 0.717) is 29.5 Å². The highest BCUT2D eigenvalue weighted by Crippen LogP contribution is 2.18. The van der Waals surface area contributed by atoms with Crippen LogP contribution in [0, 0.1) is 6.92 Å². The number of sulfonamides is 1. The number of hydrogen-bond donors (Lipinski definition) is 2. The fourth-order valence-electron chi connectivity index (χ4n) is 2.51. The van der Waals surface area contributed by atoms with E-state index in [0.717, 1.165) is 5.56 Å². The predicted octanol–water partition coefficient (Wildman–Crippen LogP) is 2.11. The molecule has 0 saturated carbocycles. The van der Waals surface area contributed by atoms with Crippen LogP contribution >= 0.6 is 0 Å². The van der Waals surface area contributed by atoms with E-state index in [1.807, 2.05) is 18.2 Å². The van der Waals surface area contributed by atoms with Crippen molar-refractivity contribution in [3.8, 4) is 0 Å². The zero-order valence-electron chi connectivity index (χ0n) is 15.7. The molecule has 0 aromatic heterocycles. The van der Waals surface area contributed by atoms with Gasteiger partial charge in [0.2, 0.25) is 10.0 Å². The Bertz CT molecular complexity index is 877. The third-order valence-electron chi connectivity index (χ3n) is 3.94. The summed E-state index contributed by atoms with van der Waals surface area (Å²) >= 11 is 0. The number of benzene rings is 2. The molecule has 140 valence electrons. The number of hydrogen-bond acceptors (Lipinski definition) is 3. The molecule has 0 spiro atoms. The summed E-state index contributed by atoms with van der Waals surface area (Å²) < 4.78 is 26.1. The molecule has 0 radical (unpaired) electrons. The molecule has 2 aromatic rings. The lowest BCUT2D eigenvalue weighted by atomic mass is 10.1. The van der Waals surface area contributed by atoms with Gasteiger partial charge in [-0.25, -0.2) is 12.7 Å². The molecule has 0 fully saturated rings. The largest absolute Gasteiger partial charge is 0.352 e. The van der Waals surface area contributed by atoms with Crippen LogP contribution in [0.3, 0.4) is 0 Å². The van der Waals surface area contributed by atoms with Crippen LogP contribution in [0.15, 0.2) is 58.4 Å². The van der Waals surface area contributed by atoms with E-state index in [4.69, 9.17) is 0 Å². The Morgan fingerprint density at radius 3 is 2.38 bits per heavy atom. The SMILES string of the molecule is CN=C(NCc1cccc(C)c1)NCc1ccccc1S(=O)(=O)N(C)C. The number of nitrogens with zero attached hydrogens (tertiary/aromatic N) is 2. The molecule has 0 heterocycles. The minimum absolute atomic E-state index is 0.298. The van der Waals surface area contributed by atoms with Crippen LogP contribution in [0.5, 0.6) is 0 Å². The smallest absolute Gasteiger partial charge is 0.242 e. The Labute approximate surface area is 156 Å². The van der Waals surface area contributed by atoms with Gasteiger partial charge in [-0.3, -0.25) is 4.99 Å². The standard InChI is InChI=1S/C19H26N4O2S/c1-15-8-7-9-16(12-15)13-21-19(20-2)22-14-17-10-5-6-11-18(17)26(24,25)23(3)4/h5-12H,13-14H2,1-4H3,(H2,20,21,22). The summed E-state index contributed by atoms with van der Waals surface area (Å²) in [6.45, 7) is 3.05. The van der Waals surface area contributed by atoms with Crippen molar-refractivity contribution in [2.24, 2.45) is 4.99 Å². The molecule has 0 aliphatic heterocycles. The summed E-state index contributed by atoms with van der Waals surface area (Å²) in [5, 5.41) is 6.42. The van der Waals surface area contributed by atoms with Crippen molar-refractivity contribution in [3.63, 3.8) is 0 Å². The first-order valence-electron chi connectivity index (χ1n) is 8.35. The van der Waals surface area contributed by atoms with Gasteiger partial charge in [-0.05, 0) is 24.1 Å². The van der Waals surface area contributed by atoms with Crippen molar-refractivity contribution >= 4 is 16.0 Å². The molecule has 0 bridgehead atoms. The van der Waals surface area contributed by atoms with Gasteiger partial charge in [0.05, 0.1) is 4.90 Å². The average molecular weight is 375 g/mol. The highest BCUT2D eigenvalue weighted by Gasteiger charge is 2.20. The molecule has 0 saturated heterocycles. The van der Waals surface area contributed by atoms with Gasteiger partial charge in [0.25, 0.3) is 0 Å². The molecule has 26 heavy (non-hydrogen) atoms. The molecule has 0 aliphatic carbocycles. The van der Waals surface area contributed by atoms with Gasteiger partial charge in [0.15, 0.2) is 5.96 Å². The Hall–Kier alpha value is -2.38. The number of rotatable bonds is 6. The maximum atomic E-state index is 12.5. The summed E-state index contributed by atoms with van der Waals surface area (Å²) in [7, 11) is 1.26. The molecule has 0 aliphatic rings. The summed E-state index contributed by atoms with van der Waals surface area (Å²) in [5.41, 5.74) is 3.05. The molecule has 0 amide bonds. The minimum atomic E-state index is -3.49. The van der Waals surface area contributed by atoms with Crippen molar-refractivity contribution in [1.29, 1.82) is 0 Å². The highest BCUT2D eigenvalue weighted by molar-refractivity contribution is 7.89. The van der Waals surface area contributed by atoms with Crippen LogP contribution < -0.4 is 10.6 Å². The average Bonchev–Trinajstić information content (AvgIpc) is 2.62. The molecule has 2 aromatic carbocycles. The van der Waals surface area contributed by atoms with Crippen molar-refractivity contribution < 1.29 is 8.42 Å². The first kappa shape index (κ1) is 19.9. The lowest BCUT2D eigenvalue weighted by molar-refractivity contribution is 0.519. The summed E-state index contributed by atoms with van der Waals surface area (Å²) in [5.74, 6) is 0.614. The van der Waals surface area contributed by atoms with E-state index in [9.17, 15) is 8.42 Å². The zero-order valence-corrected chi connectivity index (χ0v) is 16.5. The van der Waals surface area contributed by atoms with Gasteiger partial charge in [-0.1, -0.05) is 48.0 Å². The topological polar surface area (TPSA) is 73.8 Å². The van der Waals surface area contributed by atoms with Crippen molar-refractivity contribution in [3.05, 3.63) is 65.2 Å². The van der Waals surface area contributed by atoms with Gasteiger partial charge < -0.3 is 10.6 Å². The van der Waals surface area contributed by atoms with E-state index < -0.39 is 10.0 Å². The Morgan fingerprint density at radius 2 is 1.73 bits per heavy atom. The minimum Gasteiger partial charge on any atom is -0.352 e. The van der Waals surface area contributed by atoms with Crippen molar-refractivity contribution in [2.75, 3.05) is 21.1 Å². The summed E-state index contributed by atoms with van der Waals surface area (Å²) in [4.78, 5) is 4.50. The second-order valence-corrected chi connectivity index (χ2v) is 8.28. The van der Waals surface area contributed by atoms with Gasteiger partial charge in [0.1, 0.15) is 0 Å². The Balaban J connectivity index is 2.05. The van der Waals surface area contributed by atoms with Gasteiger partial charge in [-0.15, -0.1) is 0 Å². The molecule has 2 N–H and O–H groups in total. The van der Waals surface area contributed by atoms with Crippen molar-refractivity contribution in [2.45, 2.75) is 24.9 Å². The van der Waals surface area contributed by atoms with Crippen LogP contribution in [0.2, 0.25) is 0 Å². The molecule has 6 nitrogen and oxygen atoms in total. The van der Waals surface area contributed by atoms with Gasteiger partial charge in [-0.2, -0.15) is 0 Å². The fraction of sp³-hybridized carbons (Fsp3) is 0.316. The third kappa shape index (κ3) is 5.06. The molecule has 0 atom stereocenters. The lowest BCUT2D eigenvalue weighted by Gasteiger charge is -2.17. The normalized spacial score (nSPS) is 12.3. The monoisotopic (exact) mass is 374 g/mol. The second kappa shape index (κ2) is 8.82. The first-order chi connectivity index (χ1) is 12.3. The number of aryl methyl sites for hydroxylation is 1. The van der Waals surface area contributed by atoms with E-state index >= 15 is 0 Å². The zero-order chi connectivity index (χ0) is 19.2. The van der Waals surface area contributed by atoms with Crippen LogP contribution in [-0.2, 0) is 23.1 Å². The van der Waals surface area contributed by atoms with Crippen molar-refractivity contribution in [1.82, 2.24) is 14.9 Å². The maximum Gasteiger partial charge on any atom is 0.242 e. The third-order valence-corrected chi connectivity index (χ3v) is 5.86. The Morgan fingerprint density at radius 1 is 1.04 bits per heavy atom. The first-order valence-corrected chi connectivity index (χ1v) is 9.79. The highest BCUT2D eigenvalue weighted by atomic mass is 32.2. The number of nitrogens with one attached hydrogen (secondary N) is 2. The molecular weight excluding hydrogens is 348 g/mol. The van der Waals surface area contributed by atoms with E-state index in [1.165, 1.54) is 24.0 Å². The van der Waals surface area contributed by atoms with Crippen LogP contribution in [-0.4, -0.2) is 39.8 Å². The maximum absolute atomic E-state index is 12.5. The predicted molar refractivity (Wildman–Crippen MR) is 106 cm³/mol. The molecule has 2 rings (SSSR count). The summed E-state index contributed by atoms with van der Waals surface area (Å²) in [6, 6.07) is 15.2. The summed E-state index contributed by atoms with van der Waals surface area (Å²) in [6.07, 6.45) is 0. The van der Waals surface area contributed by atoms with Gasteiger partial charge in [0, 0.05) is 34.2 Å². The van der Waals surface area contributed by atoms with E-state index in [-0.39, 0.29) is 0 Å². The lowest BCUT2D eigenvalue weighted by Crippen LogP contribution is -2.36. The fourth-order valence-corrected chi connectivity index (χ4v) is 3.62. The Kier molecular flexibility index (Phi) is 6.76. The number of aliphatic imine (C=N–C) groups is 1. The molecular formula is C19H26N4O2S. The van der Waals surface area contributed by atoms with Gasteiger partial charge >= 0.3 is 0 Å². The van der Waals surface area contributed by atoms with Crippen LogP contribution in [0.1, 0.15) is 16.7 Å². The van der Waals surface area contributed by atoms with E-state index in [1.54, 1.807) is 25.2 Å². The quantitative estimate of drug-likeness (QED) is 0.600. The van der Waals surface area contributed by atoms with E-state index in [2.05, 4.69) is 34.7 Å². The number of guanidine groups is 1. The van der Waals surface area contributed by atoms with Crippen LogP contribution in [0.25, 0.3) is 0 Å². The molecule has 7 heteroatoms.